The summed E-state index contributed by atoms with van der Waals surface area (Å²) < 4.78 is 12.6. The molecule has 0 saturated heterocycles. The Hall–Kier alpha value is -4.27. The largest absolute Gasteiger partial charge is 0.492 e. The van der Waals surface area contributed by atoms with E-state index in [2.05, 4.69) is 5.32 Å². The highest BCUT2D eigenvalue weighted by atomic mass is 16.5. The molecule has 4 bridgehead atoms. The average Bonchev–Trinajstić information content (AvgIpc) is 2.99. The van der Waals surface area contributed by atoms with E-state index in [1.165, 1.54) is 11.8 Å². The third kappa shape index (κ3) is 9.86. The molecule has 248 valence electrons. The normalized spacial score (nSPS) is 18.4. The number of likely N-dealkylation sites (N-methyl/N-ethyl adjacent to an activating group) is 3. The van der Waals surface area contributed by atoms with Crippen molar-refractivity contribution in [3.8, 4) is 28.7 Å². The lowest BCUT2D eigenvalue weighted by molar-refractivity contribution is -0.138. The first kappa shape index (κ1) is 36.2. The summed E-state index contributed by atoms with van der Waals surface area (Å²) in [5, 5.41) is 11.9. The SMILES string of the molecule is CC(=O)N(C)[C@@H]1C(=O)C[C@@H](C)C(=O)N[C@H](C(=O)CCC#N)Cc2ccc(OCCN(C)C)c(c2)-c2cc1ccc2OCCN(C)C. The lowest BCUT2D eigenvalue weighted by Gasteiger charge is -2.29. The molecule has 3 rings (SSSR count). The maximum atomic E-state index is 13.9. The molecule has 0 spiro atoms. The van der Waals surface area contributed by atoms with E-state index in [0.717, 1.165) is 5.56 Å². The first-order chi connectivity index (χ1) is 21.8. The number of hydrogen-bond donors (Lipinski definition) is 1. The van der Waals surface area contributed by atoms with Crippen LogP contribution in [0.2, 0.25) is 0 Å². The number of carbonyl (C=O) groups excluding carboxylic acids is 4. The smallest absolute Gasteiger partial charge is 0.223 e. The molecule has 0 aliphatic carbocycles. The molecular formula is C35H47N5O6. The number of amides is 2. The fourth-order valence-electron chi connectivity index (χ4n) is 5.23. The molecular weight excluding hydrogens is 586 g/mol. The Bertz CT molecular complexity index is 1450. The van der Waals surface area contributed by atoms with Crippen molar-refractivity contribution in [1.29, 1.82) is 5.26 Å². The summed E-state index contributed by atoms with van der Waals surface area (Å²) in [6.07, 6.45) is 0.0646. The summed E-state index contributed by atoms with van der Waals surface area (Å²) in [4.78, 5) is 58.5. The number of ether oxygens (including phenoxy) is 2. The minimum Gasteiger partial charge on any atom is -0.492 e. The predicted octanol–water partition coefficient (Wildman–Crippen LogP) is 3.26. The van der Waals surface area contributed by atoms with Crippen molar-refractivity contribution in [2.75, 3.05) is 61.5 Å². The van der Waals surface area contributed by atoms with Gasteiger partial charge in [-0.2, -0.15) is 5.26 Å². The van der Waals surface area contributed by atoms with Gasteiger partial charge in [0, 0.05) is 63.4 Å². The Morgan fingerprint density at radius 1 is 0.913 bits per heavy atom. The highest BCUT2D eigenvalue weighted by Gasteiger charge is 2.32. The summed E-state index contributed by atoms with van der Waals surface area (Å²) in [5.41, 5.74) is 2.72. The fraction of sp³-hybridized carbons (Fsp3) is 0.514. The molecule has 2 aromatic carbocycles. The van der Waals surface area contributed by atoms with Gasteiger partial charge in [-0.25, -0.2) is 0 Å². The maximum absolute atomic E-state index is 13.9. The van der Waals surface area contributed by atoms with E-state index >= 15 is 0 Å². The molecule has 2 aromatic rings. The molecule has 1 aliphatic heterocycles. The van der Waals surface area contributed by atoms with E-state index in [9.17, 15) is 19.2 Å². The predicted molar refractivity (Wildman–Crippen MR) is 175 cm³/mol. The van der Waals surface area contributed by atoms with Crippen LogP contribution in [-0.4, -0.2) is 106 Å². The van der Waals surface area contributed by atoms with Gasteiger partial charge in [-0.3, -0.25) is 19.2 Å². The van der Waals surface area contributed by atoms with E-state index < -0.39 is 23.9 Å². The second-order valence-electron chi connectivity index (χ2n) is 12.4. The van der Waals surface area contributed by atoms with Crippen LogP contribution in [0, 0.1) is 17.2 Å². The van der Waals surface area contributed by atoms with Crippen molar-refractivity contribution in [1.82, 2.24) is 20.0 Å². The van der Waals surface area contributed by atoms with Crippen molar-refractivity contribution >= 4 is 23.4 Å². The van der Waals surface area contributed by atoms with Crippen molar-refractivity contribution in [3.63, 3.8) is 0 Å². The molecule has 11 nitrogen and oxygen atoms in total. The van der Waals surface area contributed by atoms with Crippen LogP contribution in [0.5, 0.6) is 11.5 Å². The van der Waals surface area contributed by atoms with Gasteiger partial charge in [-0.15, -0.1) is 0 Å². The molecule has 0 unspecified atom stereocenters. The summed E-state index contributed by atoms with van der Waals surface area (Å²) in [5.74, 6) is -0.931. The summed E-state index contributed by atoms with van der Waals surface area (Å²) in [7, 11) is 9.40. The van der Waals surface area contributed by atoms with Gasteiger partial charge >= 0.3 is 0 Å². The van der Waals surface area contributed by atoms with Gasteiger partial charge in [0.2, 0.25) is 11.8 Å². The van der Waals surface area contributed by atoms with Gasteiger partial charge in [0.1, 0.15) is 30.8 Å². The standard InChI is InChI=1S/C35H47N5O6/c1-23-19-31(43)34(40(7)24(2)41)26-11-13-33(46-18-16-39(5)6)28(22-26)27-20-25(10-12-32(27)45-17-15-38(3)4)21-29(37-35(23)44)30(42)9-8-14-36/h10-13,20,22-23,29,34H,8-9,15-19,21H2,1-7H3,(H,37,44)/t23-,29+,34+/m1/s1. The summed E-state index contributed by atoms with van der Waals surface area (Å²) in [6.45, 7) is 5.19. The van der Waals surface area contributed by atoms with Crippen LogP contribution in [0.25, 0.3) is 11.1 Å². The van der Waals surface area contributed by atoms with E-state index in [4.69, 9.17) is 14.7 Å². The van der Waals surface area contributed by atoms with Crippen LogP contribution >= 0.6 is 0 Å². The number of fused-ring (bicyclic) bond motifs is 5. The van der Waals surface area contributed by atoms with Gasteiger partial charge < -0.3 is 29.5 Å². The molecule has 3 atom stereocenters. The van der Waals surface area contributed by atoms with Gasteiger partial charge in [0.05, 0.1) is 12.1 Å². The third-order valence-corrected chi connectivity index (χ3v) is 8.02. The van der Waals surface area contributed by atoms with Crippen molar-refractivity contribution in [3.05, 3.63) is 47.5 Å². The number of benzene rings is 2. The Kier molecular flexibility index (Phi) is 13.3. The van der Waals surface area contributed by atoms with Gasteiger partial charge in [0.25, 0.3) is 0 Å². The molecule has 1 N–H and O–H groups in total. The lowest BCUT2D eigenvalue weighted by atomic mass is 9.89. The number of Topliss-reactive ketones (excluding diaryl/α,β-unsaturated/α-hetero) is 2. The second-order valence-corrected chi connectivity index (χ2v) is 12.4. The number of rotatable bonds is 12. The molecule has 0 aromatic heterocycles. The first-order valence-electron chi connectivity index (χ1n) is 15.6. The highest BCUT2D eigenvalue weighted by Crippen LogP contribution is 2.40. The van der Waals surface area contributed by atoms with E-state index in [1.807, 2.05) is 68.3 Å². The minimum absolute atomic E-state index is 0.00919. The third-order valence-electron chi connectivity index (χ3n) is 8.02. The summed E-state index contributed by atoms with van der Waals surface area (Å²) >= 11 is 0. The first-order valence-corrected chi connectivity index (χ1v) is 15.6. The van der Waals surface area contributed by atoms with Crippen LogP contribution in [0.3, 0.4) is 0 Å². The zero-order valence-corrected chi connectivity index (χ0v) is 28.1. The van der Waals surface area contributed by atoms with Crippen LogP contribution < -0.4 is 14.8 Å². The number of carbonyl (C=O) groups is 4. The van der Waals surface area contributed by atoms with Crippen LogP contribution in [-0.2, 0) is 25.6 Å². The minimum atomic E-state index is -0.959. The van der Waals surface area contributed by atoms with Crippen molar-refractivity contribution < 1.29 is 28.7 Å². The Labute approximate surface area is 272 Å². The molecule has 46 heavy (non-hydrogen) atoms. The van der Waals surface area contributed by atoms with Crippen molar-refractivity contribution in [2.45, 2.75) is 51.6 Å². The quantitative estimate of drug-likeness (QED) is 0.374. The lowest BCUT2D eigenvalue weighted by Crippen LogP contribution is -2.45. The highest BCUT2D eigenvalue weighted by molar-refractivity contribution is 5.95. The van der Waals surface area contributed by atoms with Crippen LogP contribution in [0.1, 0.15) is 50.3 Å². The number of nitrogens with zero attached hydrogens (tertiary/aromatic N) is 4. The second kappa shape index (κ2) is 16.9. The fourth-order valence-corrected chi connectivity index (χ4v) is 5.23. The number of nitrogens with one attached hydrogen (secondary N) is 1. The number of nitriles is 1. The Morgan fingerprint density at radius 2 is 1.50 bits per heavy atom. The van der Waals surface area contributed by atoms with Crippen LogP contribution in [0.4, 0.5) is 0 Å². The molecule has 0 radical (unpaired) electrons. The zero-order valence-electron chi connectivity index (χ0n) is 28.1. The van der Waals surface area contributed by atoms with E-state index in [1.54, 1.807) is 26.1 Å². The van der Waals surface area contributed by atoms with Crippen LogP contribution in [0.15, 0.2) is 36.4 Å². The Morgan fingerprint density at radius 3 is 2.07 bits per heavy atom. The van der Waals surface area contributed by atoms with Gasteiger partial charge in [0.15, 0.2) is 11.6 Å². The molecule has 1 heterocycles. The van der Waals surface area contributed by atoms with Crippen molar-refractivity contribution in [2.24, 2.45) is 5.92 Å². The number of ketones is 2. The molecule has 0 fully saturated rings. The Balaban J connectivity index is 2.28. The van der Waals surface area contributed by atoms with E-state index in [-0.39, 0.29) is 43.2 Å². The van der Waals surface area contributed by atoms with Gasteiger partial charge in [-0.1, -0.05) is 19.1 Å². The topological polar surface area (TPSA) is 132 Å². The molecule has 0 saturated carbocycles. The maximum Gasteiger partial charge on any atom is 0.223 e. The molecule has 1 aliphatic rings. The van der Waals surface area contributed by atoms with E-state index in [0.29, 0.717) is 54.5 Å². The van der Waals surface area contributed by atoms with Gasteiger partial charge in [-0.05, 0) is 70.0 Å². The molecule has 2 amide bonds. The number of hydrogen-bond acceptors (Lipinski definition) is 9. The molecule has 11 heteroatoms. The monoisotopic (exact) mass is 633 g/mol. The average molecular weight is 634 g/mol. The summed E-state index contributed by atoms with van der Waals surface area (Å²) in [6, 6.07) is 11.2. The zero-order chi connectivity index (χ0) is 34.0.